The van der Waals surface area contributed by atoms with Crippen molar-refractivity contribution in [1.82, 2.24) is 4.90 Å². The van der Waals surface area contributed by atoms with Gasteiger partial charge < -0.3 is 10.1 Å². The molecule has 1 N–H and O–H groups in total. The Kier molecular flexibility index (Phi) is 5.52. The second kappa shape index (κ2) is 8.09. The first-order chi connectivity index (χ1) is 14.1. The predicted octanol–water partition coefficient (Wildman–Crippen LogP) is 3.60. The highest BCUT2D eigenvalue weighted by Gasteiger charge is 2.57. The summed E-state index contributed by atoms with van der Waals surface area (Å²) < 4.78 is 5.42. The van der Waals surface area contributed by atoms with Crippen LogP contribution in [0.2, 0.25) is 0 Å². The molecule has 29 heavy (non-hydrogen) atoms. The van der Waals surface area contributed by atoms with Crippen LogP contribution in [0, 0.1) is 56.7 Å². The molecular weight excluding hydrogens is 382 g/mol. The van der Waals surface area contributed by atoms with Gasteiger partial charge >= 0.3 is 0 Å². The highest BCUT2D eigenvalue weighted by Crippen LogP contribution is 2.56. The summed E-state index contributed by atoms with van der Waals surface area (Å²) in [4.78, 5) is 3.33. The van der Waals surface area contributed by atoms with Crippen molar-refractivity contribution in [1.29, 1.82) is 21.2 Å². The Hall–Kier alpha value is -2.50. The number of morpholine rings is 1. The lowest BCUT2D eigenvalue weighted by atomic mass is 9.54. The van der Waals surface area contributed by atoms with E-state index < -0.39 is 11.3 Å². The largest absolute Gasteiger partial charge is 0.379 e. The summed E-state index contributed by atoms with van der Waals surface area (Å²) in [5.41, 5.74) is 0.480. The van der Waals surface area contributed by atoms with E-state index in [0.717, 1.165) is 62.6 Å². The van der Waals surface area contributed by atoms with E-state index in [2.05, 4.69) is 40.6 Å². The molecule has 3 atom stereocenters. The van der Waals surface area contributed by atoms with E-state index in [1.54, 1.807) is 11.3 Å². The zero-order chi connectivity index (χ0) is 20.4. The second-order valence-electron chi connectivity index (χ2n) is 7.97. The maximum atomic E-state index is 10.1. The van der Waals surface area contributed by atoms with Crippen molar-refractivity contribution in [2.24, 2.45) is 17.3 Å². The molecule has 0 bridgehead atoms. The fourth-order valence-electron chi connectivity index (χ4n) is 4.97. The quantitative estimate of drug-likeness (QED) is 0.773. The van der Waals surface area contributed by atoms with Crippen LogP contribution in [-0.4, -0.2) is 36.9 Å². The van der Waals surface area contributed by atoms with Gasteiger partial charge in [-0.05, 0) is 47.8 Å². The smallest absolute Gasteiger partial charge is 0.190 e. The Morgan fingerprint density at radius 2 is 2.00 bits per heavy atom. The third-order valence-electron chi connectivity index (χ3n) is 6.42. The van der Waals surface area contributed by atoms with E-state index >= 15 is 0 Å². The molecule has 0 amide bonds. The van der Waals surface area contributed by atoms with Crippen LogP contribution in [0.5, 0.6) is 0 Å². The van der Waals surface area contributed by atoms with Crippen LogP contribution in [0.4, 0.5) is 0 Å². The van der Waals surface area contributed by atoms with E-state index in [1.807, 2.05) is 0 Å². The summed E-state index contributed by atoms with van der Waals surface area (Å²) in [6, 6.07) is 8.65. The van der Waals surface area contributed by atoms with E-state index in [1.165, 1.54) is 5.56 Å². The first-order valence-corrected chi connectivity index (χ1v) is 10.9. The molecule has 1 aromatic rings. The van der Waals surface area contributed by atoms with Gasteiger partial charge in [0.1, 0.15) is 5.92 Å². The van der Waals surface area contributed by atoms with Gasteiger partial charge in [-0.3, -0.25) is 4.90 Å². The summed E-state index contributed by atoms with van der Waals surface area (Å²) >= 11 is 1.58. The van der Waals surface area contributed by atoms with Gasteiger partial charge in [-0.15, -0.1) is 11.3 Å². The number of ether oxygens (including phenoxy) is 1. The van der Waals surface area contributed by atoms with Gasteiger partial charge in [0.15, 0.2) is 5.41 Å². The zero-order valence-corrected chi connectivity index (χ0v) is 17.0. The van der Waals surface area contributed by atoms with Crippen molar-refractivity contribution < 1.29 is 4.74 Å². The molecule has 1 aliphatic heterocycles. The third kappa shape index (κ3) is 3.28. The van der Waals surface area contributed by atoms with Gasteiger partial charge in [-0.2, -0.15) is 15.8 Å². The van der Waals surface area contributed by atoms with Crippen LogP contribution in [0.3, 0.4) is 0 Å². The van der Waals surface area contributed by atoms with Gasteiger partial charge in [0, 0.05) is 30.4 Å². The number of nitrogens with one attached hydrogen (secondary N) is 1. The fraction of sp³-hybridized carbons (Fsp3) is 0.545. The summed E-state index contributed by atoms with van der Waals surface area (Å²) in [7, 11) is 0. The Bertz CT molecular complexity index is 939. The molecule has 3 aliphatic rings. The van der Waals surface area contributed by atoms with Crippen molar-refractivity contribution in [3.05, 3.63) is 33.5 Å². The van der Waals surface area contributed by atoms with E-state index in [-0.39, 0.29) is 17.5 Å². The molecule has 148 valence electrons. The van der Waals surface area contributed by atoms with Crippen LogP contribution in [0.1, 0.15) is 35.6 Å². The fourth-order valence-corrected chi connectivity index (χ4v) is 6.11. The van der Waals surface area contributed by atoms with Crippen LogP contribution in [-0.2, 0) is 11.3 Å². The highest BCUT2D eigenvalue weighted by molar-refractivity contribution is 7.10. The summed E-state index contributed by atoms with van der Waals surface area (Å²) in [5.74, 6) is -1.18. The summed E-state index contributed by atoms with van der Waals surface area (Å²) in [6.07, 6.45) is 4.80. The number of thiophene rings is 1. The van der Waals surface area contributed by atoms with E-state index in [0.29, 0.717) is 0 Å². The maximum Gasteiger partial charge on any atom is 0.190 e. The van der Waals surface area contributed by atoms with Crippen LogP contribution in [0.15, 0.2) is 23.1 Å². The molecule has 0 radical (unpaired) electrons. The highest BCUT2D eigenvalue weighted by atomic mass is 32.1. The van der Waals surface area contributed by atoms with Gasteiger partial charge in [-0.1, -0.05) is 6.08 Å². The molecule has 0 aromatic carbocycles. The lowest BCUT2D eigenvalue weighted by Gasteiger charge is -2.45. The average Bonchev–Trinajstić information content (AvgIpc) is 3.21. The van der Waals surface area contributed by atoms with Gasteiger partial charge in [-0.25, -0.2) is 0 Å². The minimum atomic E-state index is -1.58. The molecule has 2 fully saturated rings. The number of rotatable bonds is 3. The molecule has 1 aromatic heterocycles. The van der Waals surface area contributed by atoms with Gasteiger partial charge in [0.05, 0.1) is 37.1 Å². The topological polar surface area (TPSA) is 108 Å². The zero-order valence-electron chi connectivity index (χ0n) is 16.2. The number of nitrogens with zero attached hydrogens (tertiary/aromatic N) is 4. The third-order valence-corrected chi connectivity index (χ3v) is 7.48. The monoisotopic (exact) mass is 405 g/mol. The van der Waals surface area contributed by atoms with E-state index in [4.69, 9.17) is 10.1 Å². The normalized spacial score (nSPS) is 29.1. The van der Waals surface area contributed by atoms with Crippen LogP contribution < -0.4 is 0 Å². The van der Waals surface area contributed by atoms with Crippen molar-refractivity contribution >= 4 is 17.0 Å². The SMILES string of the molecule is N#C[C@@H]1C(=N)C(C#N)(C#N)[C@H](c2cc(CN3CCOCC3)cs2)[C@H]2CCCC=C12. The molecule has 7 heteroatoms. The molecule has 0 unspecified atom stereocenters. The second-order valence-corrected chi connectivity index (χ2v) is 8.92. The number of nitriles is 3. The summed E-state index contributed by atoms with van der Waals surface area (Å²) in [6.45, 7) is 4.12. The predicted molar refractivity (Wildman–Crippen MR) is 109 cm³/mol. The standard InChI is InChI=1S/C22H23N5OS/c23-10-18-16-3-1-2-4-17(16)20(22(13-24,14-25)21(18)26)19-9-15(12-29-19)11-27-5-7-28-8-6-27/h3,9,12,17-18,20,26H,1-2,4-8,11H2/t17-,18-,20-/m0/s1. The number of hydrogen-bond acceptors (Lipinski definition) is 7. The lowest BCUT2D eigenvalue weighted by molar-refractivity contribution is 0.0342. The molecule has 1 saturated carbocycles. The van der Waals surface area contributed by atoms with Crippen molar-refractivity contribution in [3.63, 3.8) is 0 Å². The average molecular weight is 406 g/mol. The molecule has 6 nitrogen and oxygen atoms in total. The Labute approximate surface area is 175 Å². The Morgan fingerprint density at radius 3 is 2.69 bits per heavy atom. The van der Waals surface area contributed by atoms with Crippen LogP contribution in [0.25, 0.3) is 0 Å². The maximum absolute atomic E-state index is 10.1. The van der Waals surface area contributed by atoms with Gasteiger partial charge in [0.25, 0.3) is 0 Å². The molecule has 2 heterocycles. The van der Waals surface area contributed by atoms with Crippen molar-refractivity contribution in [2.75, 3.05) is 26.3 Å². The minimum Gasteiger partial charge on any atom is -0.379 e. The first-order valence-electron chi connectivity index (χ1n) is 10.0. The first kappa shape index (κ1) is 19.8. The molecule has 2 aliphatic carbocycles. The lowest BCUT2D eigenvalue weighted by Crippen LogP contribution is -2.48. The Morgan fingerprint density at radius 1 is 1.24 bits per heavy atom. The summed E-state index contributed by atoms with van der Waals surface area (Å²) in [5, 5.41) is 40.6. The molecule has 0 spiro atoms. The molecule has 4 rings (SSSR count). The van der Waals surface area contributed by atoms with Crippen molar-refractivity contribution in [3.8, 4) is 18.2 Å². The minimum absolute atomic E-state index is 0.0308. The number of hydrogen-bond donors (Lipinski definition) is 1. The molecule has 1 saturated heterocycles. The molecular formula is C22H23N5OS. The Balaban J connectivity index is 1.72. The number of allylic oxidation sites excluding steroid dienone is 2. The number of fused-ring (bicyclic) bond motifs is 1. The van der Waals surface area contributed by atoms with E-state index in [9.17, 15) is 15.8 Å². The van der Waals surface area contributed by atoms with Crippen molar-refractivity contribution in [2.45, 2.75) is 31.7 Å². The van der Waals surface area contributed by atoms with Gasteiger partial charge in [0.2, 0.25) is 0 Å². The van der Waals surface area contributed by atoms with Crippen LogP contribution >= 0.6 is 11.3 Å².